The molecule has 5 rings (SSSR count). The first-order valence-electron chi connectivity index (χ1n) is 12.5. The Kier molecular flexibility index (Phi) is 6.93. The summed E-state index contributed by atoms with van der Waals surface area (Å²) >= 11 is 0. The number of fused-ring (bicyclic) bond motifs is 2. The van der Waals surface area contributed by atoms with E-state index in [0.717, 1.165) is 65.7 Å². The third kappa shape index (κ3) is 5.14. The number of likely N-dealkylation sites (tertiary alicyclic amines) is 1. The number of hydrogen-bond acceptors (Lipinski definition) is 6. The largest absolute Gasteiger partial charge is 0.493 e. The third-order valence-corrected chi connectivity index (χ3v) is 7.01. The van der Waals surface area contributed by atoms with Crippen molar-refractivity contribution in [1.29, 1.82) is 0 Å². The fourth-order valence-corrected chi connectivity index (χ4v) is 5.09. The number of pyridine rings is 2. The van der Waals surface area contributed by atoms with Crippen LogP contribution in [0.2, 0.25) is 0 Å². The smallest absolute Gasteiger partial charge is 0.315 e. The lowest BCUT2D eigenvalue weighted by atomic mass is 9.96. The molecule has 0 spiro atoms. The number of carbonyl (C=O) groups excluding carboxylic acids is 2. The van der Waals surface area contributed by atoms with Crippen molar-refractivity contribution in [2.75, 3.05) is 26.3 Å². The van der Waals surface area contributed by atoms with E-state index in [4.69, 9.17) is 9.47 Å². The predicted octanol–water partition coefficient (Wildman–Crippen LogP) is 4.08. The lowest BCUT2D eigenvalue weighted by molar-refractivity contribution is -0.146. The van der Waals surface area contributed by atoms with Crippen molar-refractivity contribution in [2.45, 2.75) is 44.9 Å². The van der Waals surface area contributed by atoms with E-state index in [0.29, 0.717) is 26.3 Å². The Labute approximate surface area is 205 Å². The molecule has 2 atom stereocenters. The average molecular weight is 474 g/mol. The van der Waals surface area contributed by atoms with E-state index in [1.807, 2.05) is 47.4 Å². The highest BCUT2D eigenvalue weighted by atomic mass is 16.5. The molecule has 2 aliphatic heterocycles. The van der Waals surface area contributed by atoms with E-state index in [1.165, 1.54) is 0 Å². The SMILES string of the molecule is CCOC(=O)C(CN1CC[C@H](CCCc2ccc3cccnc3n2)C1=O)c1ccc2c(c1)OCC2. The molecule has 0 bridgehead atoms. The van der Waals surface area contributed by atoms with Gasteiger partial charge >= 0.3 is 5.97 Å². The van der Waals surface area contributed by atoms with Crippen molar-refractivity contribution in [3.63, 3.8) is 0 Å². The topological polar surface area (TPSA) is 81.6 Å². The van der Waals surface area contributed by atoms with Crippen molar-refractivity contribution < 1.29 is 19.1 Å². The highest BCUT2D eigenvalue weighted by Crippen LogP contribution is 2.32. The number of nitrogens with zero attached hydrogens (tertiary/aromatic N) is 3. The summed E-state index contributed by atoms with van der Waals surface area (Å²) in [5.41, 5.74) is 3.76. The van der Waals surface area contributed by atoms with Gasteiger partial charge in [0.15, 0.2) is 5.65 Å². The van der Waals surface area contributed by atoms with Crippen LogP contribution in [0.4, 0.5) is 0 Å². The molecule has 4 heterocycles. The molecule has 0 N–H and O–H groups in total. The number of benzene rings is 1. The summed E-state index contributed by atoms with van der Waals surface area (Å²) in [5, 5.41) is 1.03. The first kappa shape index (κ1) is 23.3. The molecule has 35 heavy (non-hydrogen) atoms. The van der Waals surface area contributed by atoms with E-state index in [9.17, 15) is 9.59 Å². The summed E-state index contributed by atoms with van der Waals surface area (Å²) < 4.78 is 11.1. The molecule has 3 aromatic rings. The summed E-state index contributed by atoms with van der Waals surface area (Å²) in [6.07, 6.45) is 5.97. The number of ether oxygens (including phenoxy) is 2. The Morgan fingerprint density at radius 3 is 3.06 bits per heavy atom. The van der Waals surface area contributed by atoms with Gasteiger partial charge < -0.3 is 14.4 Å². The minimum Gasteiger partial charge on any atom is -0.493 e. The first-order valence-corrected chi connectivity index (χ1v) is 12.5. The zero-order chi connectivity index (χ0) is 24.2. The second-order valence-electron chi connectivity index (χ2n) is 9.29. The zero-order valence-corrected chi connectivity index (χ0v) is 20.1. The van der Waals surface area contributed by atoms with Crippen LogP contribution in [-0.4, -0.2) is 53.0 Å². The van der Waals surface area contributed by atoms with Crippen LogP contribution in [0.3, 0.4) is 0 Å². The number of carbonyl (C=O) groups is 2. The molecule has 1 fully saturated rings. The van der Waals surface area contributed by atoms with Crippen LogP contribution in [0, 0.1) is 5.92 Å². The van der Waals surface area contributed by atoms with Crippen molar-refractivity contribution in [3.8, 4) is 5.75 Å². The number of rotatable bonds is 9. The molecule has 1 amide bonds. The van der Waals surface area contributed by atoms with Crippen LogP contribution in [0.15, 0.2) is 48.7 Å². The number of aryl methyl sites for hydroxylation is 1. The quantitative estimate of drug-likeness (QED) is 0.436. The van der Waals surface area contributed by atoms with E-state index in [2.05, 4.69) is 9.97 Å². The number of esters is 1. The molecule has 7 nitrogen and oxygen atoms in total. The summed E-state index contributed by atoms with van der Waals surface area (Å²) in [6.45, 7) is 3.79. The van der Waals surface area contributed by atoms with Crippen LogP contribution in [0.5, 0.6) is 5.75 Å². The molecular weight excluding hydrogens is 442 g/mol. The number of aromatic nitrogens is 2. The van der Waals surface area contributed by atoms with Gasteiger partial charge in [-0.05, 0) is 74.1 Å². The van der Waals surface area contributed by atoms with Crippen LogP contribution in [0.1, 0.15) is 48.9 Å². The Bertz CT molecular complexity index is 1230. The van der Waals surface area contributed by atoms with Gasteiger partial charge in [-0.3, -0.25) is 9.59 Å². The maximum Gasteiger partial charge on any atom is 0.315 e. The maximum absolute atomic E-state index is 13.2. The monoisotopic (exact) mass is 473 g/mol. The zero-order valence-electron chi connectivity index (χ0n) is 20.1. The van der Waals surface area contributed by atoms with Gasteiger partial charge in [-0.25, -0.2) is 9.97 Å². The second kappa shape index (κ2) is 10.4. The highest BCUT2D eigenvalue weighted by molar-refractivity contribution is 5.83. The Morgan fingerprint density at radius 2 is 2.17 bits per heavy atom. The highest BCUT2D eigenvalue weighted by Gasteiger charge is 2.35. The molecule has 1 aromatic carbocycles. The van der Waals surface area contributed by atoms with Crippen LogP contribution in [-0.2, 0) is 27.2 Å². The minimum atomic E-state index is -0.513. The predicted molar refractivity (Wildman–Crippen MR) is 132 cm³/mol. The van der Waals surface area contributed by atoms with Crippen LogP contribution >= 0.6 is 0 Å². The van der Waals surface area contributed by atoms with Gasteiger partial charge in [-0.2, -0.15) is 0 Å². The molecule has 7 heteroatoms. The summed E-state index contributed by atoms with van der Waals surface area (Å²) in [5.74, 6) is 0.142. The summed E-state index contributed by atoms with van der Waals surface area (Å²) in [6, 6.07) is 13.9. The third-order valence-electron chi connectivity index (χ3n) is 7.01. The van der Waals surface area contributed by atoms with Crippen molar-refractivity contribution in [1.82, 2.24) is 14.9 Å². The van der Waals surface area contributed by atoms with Gasteiger partial charge in [0.05, 0.1) is 19.1 Å². The van der Waals surface area contributed by atoms with E-state index >= 15 is 0 Å². The average Bonchev–Trinajstić information content (AvgIpc) is 3.48. The normalized spacial score (nSPS) is 17.9. The molecule has 0 aliphatic carbocycles. The summed E-state index contributed by atoms with van der Waals surface area (Å²) in [4.78, 5) is 36.8. The van der Waals surface area contributed by atoms with Crippen LogP contribution in [0.25, 0.3) is 11.0 Å². The number of amides is 1. The van der Waals surface area contributed by atoms with Gasteiger partial charge in [0, 0.05) is 42.7 Å². The fraction of sp³-hybridized carbons (Fsp3) is 0.429. The Balaban J connectivity index is 1.20. The molecule has 0 saturated carbocycles. The second-order valence-corrected chi connectivity index (χ2v) is 9.29. The lowest BCUT2D eigenvalue weighted by Crippen LogP contribution is -2.35. The van der Waals surface area contributed by atoms with Gasteiger partial charge in [0.2, 0.25) is 5.91 Å². The molecule has 2 aromatic heterocycles. The van der Waals surface area contributed by atoms with Crippen molar-refractivity contribution in [2.24, 2.45) is 5.92 Å². The molecule has 182 valence electrons. The molecule has 1 saturated heterocycles. The molecule has 2 aliphatic rings. The van der Waals surface area contributed by atoms with Gasteiger partial charge in [-0.1, -0.05) is 12.1 Å². The molecular formula is C28H31N3O4. The minimum absolute atomic E-state index is 0.0141. The lowest BCUT2D eigenvalue weighted by Gasteiger charge is -2.23. The van der Waals surface area contributed by atoms with Crippen LogP contribution < -0.4 is 4.74 Å². The standard InChI is InChI=1S/C28H31N3O4/c1-2-34-28(33)24(22-9-8-19-13-16-35-25(19)17-22)18-31-15-12-21(27(31)32)5-3-7-23-11-10-20-6-4-14-29-26(20)30-23/h4,6,8-11,14,17,21,24H,2-3,5,7,12-13,15-16,18H2,1H3/t21-,24?/m0/s1. The van der Waals surface area contributed by atoms with E-state index in [1.54, 1.807) is 13.1 Å². The molecule has 0 radical (unpaired) electrons. The summed E-state index contributed by atoms with van der Waals surface area (Å²) in [7, 11) is 0. The van der Waals surface area contributed by atoms with Crippen molar-refractivity contribution >= 4 is 22.9 Å². The number of hydrogen-bond donors (Lipinski definition) is 0. The van der Waals surface area contributed by atoms with Gasteiger partial charge in [0.1, 0.15) is 5.75 Å². The van der Waals surface area contributed by atoms with Gasteiger partial charge in [0.25, 0.3) is 0 Å². The molecule has 1 unspecified atom stereocenters. The Hall–Kier alpha value is -3.48. The Morgan fingerprint density at radius 1 is 1.26 bits per heavy atom. The maximum atomic E-state index is 13.2. The van der Waals surface area contributed by atoms with Crippen molar-refractivity contribution in [3.05, 3.63) is 65.5 Å². The first-order chi connectivity index (χ1) is 17.1. The van der Waals surface area contributed by atoms with Gasteiger partial charge in [-0.15, -0.1) is 0 Å². The fourth-order valence-electron chi connectivity index (χ4n) is 5.09. The van der Waals surface area contributed by atoms with E-state index in [-0.39, 0.29) is 17.8 Å². The van der Waals surface area contributed by atoms with E-state index < -0.39 is 5.92 Å².